The highest BCUT2D eigenvalue weighted by atomic mass is 79.9. The SMILES string of the molecule is O=C(O)C1(NS(=O)(=O)c2ccccc2Br)CCSC1. The molecule has 1 unspecified atom stereocenters. The third-order valence-corrected chi connectivity index (χ3v) is 6.63. The second kappa shape index (κ2) is 5.43. The summed E-state index contributed by atoms with van der Waals surface area (Å²) >= 11 is 4.59. The number of sulfonamides is 1. The van der Waals surface area contributed by atoms with Crippen LogP contribution in [0.2, 0.25) is 0 Å². The molecule has 2 rings (SSSR count). The van der Waals surface area contributed by atoms with Gasteiger partial charge in [0.15, 0.2) is 0 Å². The summed E-state index contributed by atoms with van der Waals surface area (Å²) in [4.78, 5) is 11.4. The largest absolute Gasteiger partial charge is 0.480 e. The highest BCUT2D eigenvalue weighted by molar-refractivity contribution is 9.10. The summed E-state index contributed by atoms with van der Waals surface area (Å²) in [6.07, 6.45) is 0.288. The van der Waals surface area contributed by atoms with Crippen molar-refractivity contribution in [3.05, 3.63) is 28.7 Å². The van der Waals surface area contributed by atoms with E-state index in [2.05, 4.69) is 20.7 Å². The van der Waals surface area contributed by atoms with Gasteiger partial charge >= 0.3 is 5.97 Å². The maximum absolute atomic E-state index is 12.3. The summed E-state index contributed by atoms with van der Waals surface area (Å²) in [7, 11) is -3.87. The van der Waals surface area contributed by atoms with E-state index >= 15 is 0 Å². The molecule has 1 aromatic rings. The van der Waals surface area contributed by atoms with E-state index in [4.69, 9.17) is 0 Å². The lowest BCUT2D eigenvalue weighted by Crippen LogP contribution is -2.54. The average Bonchev–Trinajstić information content (AvgIpc) is 2.78. The fourth-order valence-corrected chi connectivity index (χ4v) is 5.64. The van der Waals surface area contributed by atoms with Crippen LogP contribution in [-0.4, -0.2) is 36.5 Å². The zero-order chi connectivity index (χ0) is 14.1. The van der Waals surface area contributed by atoms with Gasteiger partial charge in [0.2, 0.25) is 10.0 Å². The van der Waals surface area contributed by atoms with Crippen LogP contribution < -0.4 is 4.72 Å². The molecule has 1 heterocycles. The normalized spacial score (nSPS) is 23.4. The van der Waals surface area contributed by atoms with Gasteiger partial charge in [-0.15, -0.1) is 0 Å². The Hall–Kier alpha value is -0.570. The Kier molecular flexibility index (Phi) is 4.24. The van der Waals surface area contributed by atoms with Crippen LogP contribution in [0.15, 0.2) is 33.6 Å². The lowest BCUT2D eigenvalue weighted by Gasteiger charge is -2.24. The number of rotatable bonds is 4. The number of nitrogens with one attached hydrogen (secondary N) is 1. The molecule has 1 atom stereocenters. The summed E-state index contributed by atoms with van der Waals surface area (Å²) in [6, 6.07) is 6.33. The Morgan fingerprint density at radius 3 is 2.63 bits per heavy atom. The zero-order valence-corrected chi connectivity index (χ0v) is 13.0. The lowest BCUT2D eigenvalue weighted by atomic mass is 10.0. The van der Waals surface area contributed by atoms with Gasteiger partial charge in [0.1, 0.15) is 5.54 Å². The van der Waals surface area contributed by atoms with Crippen LogP contribution >= 0.6 is 27.7 Å². The van der Waals surface area contributed by atoms with Gasteiger partial charge < -0.3 is 5.11 Å². The number of carboxylic acid groups (broad SMARTS) is 1. The monoisotopic (exact) mass is 365 g/mol. The first kappa shape index (κ1) is 14.8. The standard InChI is InChI=1S/C11H12BrNO4S2/c12-8-3-1-2-4-9(8)19(16,17)13-11(10(14)15)5-6-18-7-11/h1-4,13H,5-7H2,(H,14,15). The van der Waals surface area contributed by atoms with Crippen LogP contribution in [0.1, 0.15) is 6.42 Å². The lowest BCUT2D eigenvalue weighted by molar-refractivity contribution is -0.142. The molecule has 0 saturated carbocycles. The van der Waals surface area contributed by atoms with Crippen LogP contribution in [0.4, 0.5) is 0 Å². The van der Waals surface area contributed by atoms with Crippen molar-refractivity contribution >= 4 is 43.7 Å². The van der Waals surface area contributed by atoms with Gasteiger partial charge in [-0.3, -0.25) is 4.79 Å². The maximum Gasteiger partial charge on any atom is 0.325 e. The molecule has 1 aromatic carbocycles. The minimum Gasteiger partial charge on any atom is -0.480 e. The summed E-state index contributed by atoms with van der Waals surface area (Å²) < 4.78 is 27.4. The number of hydrogen-bond donors (Lipinski definition) is 2. The third-order valence-electron chi connectivity index (χ3n) is 2.89. The van der Waals surface area contributed by atoms with E-state index in [9.17, 15) is 18.3 Å². The molecule has 1 aliphatic heterocycles. The molecule has 1 saturated heterocycles. The summed E-state index contributed by atoms with van der Waals surface area (Å²) in [6.45, 7) is 0. The van der Waals surface area contributed by atoms with Crippen molar-refractivity contribution in [1.29, 1.82) is 0 Å². The van der Waals surface area contributed by atoms with Gasteiger partial charge in [0.25, 0.3) is 0 Å². The van der Waals surface area contributed by atoms with Crippen molar-refractivity contribution in [1.82, 2.24) is 4.72 Å². The van der Waals surface area contributed by atoms with Crippen molar-refractivity contribution in [2.24, 2.45) is 0 Å². The van der Waals surface area contributed by atoms with E-state index in [-0.39, 0.29) is 17.1 Å². The summed E-state index contributed by atoms with van der Waals surface area (Å²) in [5.41, 5.74) is -1.40. The van der Waals surface area contributed by atoms with Crippen molar-refractivity contribution in [3.8, 4) is 0 Å². The molecule has 0 radical (unpaired) electrons. The molecule has 8 heteroatoms. The van der Waals surface area contributed by atoms with Gasteiger partial charge in [-0.1, -0.05) is 12.1 Å². The highest BCUT2D eigenvalue weighted by Crippen LogP contribution is 2.31. The Morgan fingerprint density at radius 1 is 1.42 bits per heavy atom. The van der Waals surface area contributed by atoms with Crippen molar-refractivity contribution in [3.63, 3.8) is 0 Å². The Balaban J connectivity index is 2.36. The first-order valence-corrected chi connectivity index (χ1v) is 8.90. The molecular formula is C11H12BrNO4S2. The molecule has 2 N–H and O–H groups in total. The molecule has 5 nitrogen and oxygen atoms in total. The summed E-state index contributed by atoms with van der Waals surface area (Å²) in [5, 5.41) is 9.29. The van der Waals surface area contributed by atoms with E-state index in [1.807, 2.05) is 0 Å². The minimum atomic E-state index is -3.87. The van der Waals surface area contributed by atoms with Crippen LogP contribution in [0.3, 0.4) is 0 Å². The van der Waals surface area contributed by atoms with E-state index in [1.165, 1.54) is 17.8 Å². The minimum absolute atomic E-state index is 0.0486. The van der Waals surface area contributed by atoms with Crippen LogP contribution in [-0.2, 0) is 14.8 Å². The second-order valence-electron chi connectivity index (χ2n) is 4.23. The molecule has 1 aliphatic rings. The molecular weight excluding hydrogens is 354 g/mol. The highest BCUT2D eigenvalue weighted by Gasteiger charge is 2.45. The van der Waals surface area contributed by atoms with Crippen LogP contribution in [0.25, 0.3) is 0 Å². The predicted octanol–water partition coefficient (Wildman–Crippen LogP) is 1.69. The molecule has 0 spiro atoms. The van der Waals surface area contributed by atoms with Crippen molar-refractivity contribution < 1.29 is 18.3 Å². The Labute approximate surface area is 124 Å². The Bertz CT molecular complexity index is 596. The fraction of sp³-hybridized carbons (Fsp3) is 0.364. The number of aliphatic carboxylic acids is 1. The molecule has 19 heavy (non-hydrogen) atoms. The Morgan fingerprint density at radius 2 is 2.11 bits per heavy atom. The number of benzene rings is 1. The number of thioether (sulfide) groups is 1. The average molecular weight is 366 g/mol. The first-order valence-electron chi connectivity index (χ1n) is 5.47. The number of halogens is 1. The molecule has 0 aromatic heterocycles. The number of hydrogen-bond acceptors (Lipinski definition) is 4. The number of carboxylic acids is 1. The third kappa shape index (κ3) is 2.96. The van der Waals surface area contributed by atoms with Crippen LogP contribution in [0.5, 0.6) is 0 Å². The van der Waals surface area contributed by atoms with Gasteiger partial charge in [-0.25, -0.2) is 8.42 Å². The summed E-state index contributed by atoms with van der Waals surface area (Å²) in [5.74, 6) is -0.260. The van der Waals surface area contributed by atoms with E-state index in [0.29, 0.717) is 10.2 Å². The van der Waals surface area contributed by atoms with E-state index < -0.39 is 21.5 Å². The molecule has 0 amide bonds. The maximum atomic E-state index is 12.3. The fourth-order valence-electron chi connectivity index (χ4n) is 1.83. The second-order valence-corrected chi connectivity index (χ2v) is 7.84. The van der Waals surface area contributed by atoms with E-state index in [1.54, 1.807) is 18.2 Å². The van der Waals surface area contributed by atoms with Gasteiger partial charge in [-0.2, -0.15) is 16.5 Å². The topological polar surface area (TPSA) is 83.5 Å². The van der Waals surface area contributed by atoms with E-state index in [0.717, 1.165) is 0 Å². The first-order chi connectivity index (χ1) is 8.87. The quantitative estimate of drug-likeness (QED) is 0.847. The molecule has 0 bridgehead atoms. The van der Waals surface area contributed by atoms with Crippen LogP contribution in [0, 0.1) is 0 Å². The molecule has 0 aliphatic carbocycles. The molecule has 104 valence electrons. The van der Waals surface area contributed by atoms with Crippen molar-refractivity contribution in [2.45, 2.75) is 16.9 Å². The zero-order valence-electron chi connectivity index (χ0n) is 9.80. The predicted molar refractivity (Wildman–Crippen MR) is 76.8 cm³/mol. The number of carbonyl (C=O) groups is 1. The van der Waals surface area contributed by atoms with Gasteiger partial charge in [-0.05, 0) is 40.2 Å². The molecule has 1 fully saturated rings. The smallest absolute Gasteiger partial charge is 0.325 e. The van der Waals surface area contributed by atoms with Crippen molar-refractivity contribution in [2.75, 3.05) is 11.5 Å². The van der Waals surface area contributed by atoms with Gasteiger partial charge in [0.05, 0.1) is 4.90 Å². The van der Waals surface area contributed by atoms with Gasteiger partial charge in [0, 0.05) is 10.2 Å².